The van der Waals surface area contributed by atoms with Gasteiger partial charge in [-0.25, -0.2) is 4.98 Å². The second-order valence-electron chi connectivity index (χ2n) is 4.31. The van der Waals surface area contributed by atoms with Gasteiger partial charge in [-0.1, -0.05) is 13.8 Å². The quantitative estimate of drug-likeness (QED) is 0.759. The Labute approximate surface area is 90.9 Å². The van der Waals surface area contributed by atoms with Crippen molar-refractivity contribution >= 4 is 5.91 Å². The van der Waals surface area contributed by atoms with Crippen LogP contribution in [-0.2, 0) is 4.79 Å². The molecule has 1 atom stereocenters. The average molecular weight is 209 g/mol. The Morgan fingerprint density at radius 1 is 1.40 bits per heavy atom. The summed E-state index contributed by atoms with van der Waals surface area (Å²) in [6.45, 7) is 6.06. The molecular weight excluding hydrogens is 190 g/mol. The summed E-state index contributed by atoms with van der Waals surface area (Å²) in [7, 11) is 3.53. The van der Waals surface area contributed by atoms with Gasteiger partial charge in [0.15, 0.2) is 0 Å². The van der Waals surface area contributed by atoms with Crippen LogP contribution in [0.25, 0.3) is 0 Å². The topological polar surface area (TPSA) is 38.1 Å². The molecule has 0 bridgehead atoms. The molecule has 0 aliphatic carbocycles. The van der Waals surface area contributed by atoms with Crippen LogP contribution in [0, 0.1) is 0 Å². The molecule has 0 saturated carbocycles. The molecule has 0 radical (unpaired) electrons. The molecule has 1 heterocycles. The van der Waals surface area contributed by atoms with Crippen LogP contribution in [0.4, 0.5) is 0 Å². The first-order valence-corrected chi connectivity index (χ1v) is 5.18. The molecule has 0 saturated heterocycles. The van der Waals surface area contributed by atoms with Gasteiger partial charge in [-0.15, -0.1) is 0 Å². The van der Waals surface area contributed by atoms with E-state index in [-0.39, 0.29) is 11.9 Å². The third-order valence-corrected chi connectivity index (χ3v) is 2.46. The van der Waals surface area contributed by atoms with Crippen molar-refractivity contribution in [3.05, 3.63) is 18.2 Å². The zero-order chi connectivity index (χ0) is 11.6. The first-order valence-electron chi connectivity index (χ1n) is 5.18. The Hall–Kier alpha value is -1.32. The first kappa shape index (κ1) is 11.8. The highest BCUT2D eigenvalue weighted by atomic mass is 16.2. The molecule has 1 aromatic rings. The standard InChI is InChI=1S/C11H19N3O/c1-8(2)10-6-14(7-12-10)9(3)11(15)13(4)5/h6-9H,1-5H3. The summed E-state index contributed by atoms with van der Waals surface area (Å²) in [5, 5.41) is 0. The molecule has 1 aromatic heterocycles. The van der Waals surface area contributed by atoms with E-state index in [1.165, 1.54) is 0 Å². The van der Waals surface area contributed by atoms with Crippen molar-refractivity contribution in [3.63, 3.8) is 0 Å². The lowest BCUT2D eigenvalue weighted by Gasteiger charge is -2.17. The Bertz CT molecular complexity index is 341. The summed E-state index contributed by atoms with van der Waals surface area (Å²) < 4.78 is 1.86. The van der Waals surface area contributed by atoms with Gasteiger partial charge >= 0.3 is 0 Å². The van der Waals surface area contributed by atoms with Crippen molar-refractivity contribution in [2.75, 3.05) is 14.1 Å². The van der Waals surface area contributed by atoms with Gasteiger partial charge < -0.3 is 9.47 Å². The number of aromatic nitrogens is 2. The fraction of sp³-hybridized carbons (Fsp3) is 0.636. The maximum absolute atomic E-state index is 11.7. The van der Waals surface area contributed by atoms with E-state index in [1.807, 2.05) is 17.7 Å². The maximum Gasteiger partial charge on any atom is 0.244 e. The van der Waals surface area contributed by atoms with Crippen LogP contribution < -0.4 is 0 Å². The minimum Gasteiger partial charge on any atom is -0.347 e. The zero-order valence-electron chi connectivity index (χ0n) is 10.1. The van der Waals surface area contributed by atoms with Crippen LogP contribution in [0.15, 0.2) is 12.5 Å². The van der Waals surface area contributed by atoms with E-state index < -0.39 is 0 Å². The van der Waals surface area contributed by atoms with Crippen LogP contribution in [0.1, 0.15) is 38.4 Å². The van der Waals surface area contributed by atoms with E-state index in [0.717, 1.165) is 5.69 Å². The number of nitrogens with zero attached hydrogens (tertiary/aromatic N) is 3. The van der Waals surface area contributed by atoms with Gasteiger partial charge in [0.1, 0.15) is 6.04 Å². The van der Waals surface area contributed by atoms with Crippen molar-refractivity contribution in [1.29, 1.82) is 0 Å². The summed E-state index contributed by atoms with van der Waals surface area (Å²) >= 11 is 0. The summed E-state index contributed by atoms with van der Waals surface area (Å²) in [5.74, 6) is 0.482. The zero-order valence-corrected chi connectivity index (χ0v) is 10.1. The number of hydrogen-bond donors (Lipinski definition) is 0. The lowest BCUT2D eigenvalue weighted by Crippen LogP contribution is -2.29. The third kappa shape index (κ3) is 2.58. The van der Waals surface area contributed by atoms with E-state index in [2.05, 4.69) is 18.8 Å². The molecule has 4 nitrogen and oxygen atoms in total. The number of carbonyl (C=O) groups is 1. The summed E-state index contributed by atoms with van der Waals surface area (Å²) in [5.41, 5.74) is 1.02. The van der Waals surface area contributed by atoms with Gasteiger partial charge in [-0.2, -0.15) is 0 Å². The van der Waals surface area contributed by atoms with E-state index in [4.69, 9.17) is 0 Å². The normalized spacial score (nSPS) is 12.9. The van der Waals surface area contributed by atoms with Crippen LogP contribution in [0.2, 0.25) is 0 Å². The molecule has 0 N–H and O–H groups in total. The molecule has 15 heavy (non-hydrogen) atoms. The van der Waals surface area contributed by atoms with Gasteiger partial charge in [0.2, 0.25) is 5.91 Å². The number of carbonyl (C=O) groups excluding carboxylic acids is 1. The number of imidazole rings is 1. The van der Waals surface area contributed by atoms with Crippen molar-refractivity contribution < 1.29 is 4.79 Å². The van der Waals surface area contributed by atoms with Crippen molar-refractivity contribution in [2.45, 2.75) is 32.7 Å². The van der Waals surface area contributed by atoms with Crippen LogP contribution in [-0.4, -0.2) is 34.5 Å². The molecule has 0 spiro atoms. The van der Waals surface area contributed by atoms with Gasteiger partial charge in [-0.05, 0) is 12.8 Å². The van der Waals surface area contributed by atoms with Crippen LogP contribution in [0.5, 0.6) is 0 Å². The Balaban J connectivity index is 2.83. The van der Waals surface area contributed by atoms with Crippen LogP contribution in [0.3, 0.4) is 0 Å². The first-order chi connectivity index (χ1) is 6.93. The Morgan fingerprint density at radius 3 is 2.40 bits per heavy atom. The number of amides is 1. The van der Waals surface area contributed by atoms with E-state index in [1.54, 1.807) is 25.3 Å². The maximum atomic E-state index is 11.7. The minimum atomic E-state index is -0.181. The molecule has 1 rings (SSSR count). The highest BCUT2D eigenvalue weighted by Gasteiger charge is 2.17. The second-order valence-corrected chi connectivity index (χ2v) is 4.31. The van der Waals surface area contributed by atoms with E-state index in [0.29, 0.717) is 5.92 Å². The number of hydrogen-bond acceptors (Lipinski definition) is 2. The SMILES string of the molecule is CC(C)c1cn(C(C)C(=O)N(C)C)cn1. The number of likely N-dealkylation sites (N-methyl/N-ethyl adjacent to an activating group) is 1. The molecule has 1 amide bonds. The van der Waals surface area contributed by atoms with Crippen LogP contribution >= 0.6 is 0 Å². The summed E-state index contributed by atoms with van der Waals surface area (Å²) in [6, 6.07) is -0.181. The van der Waals surface area contributed by atoms with E-state index >= 15 is 0 Å². The van der Waals surface area contributed by atoms with Gasteiger partial charge in [0.05, 0.1) is 12.0 Å². The predicted molar refractivity (Wildman–Crippen MR) is 59.7 cm³/mol. The molecule has 0 aliphatic heterocycles. The van der Waals surface area contributed by atoms with Gasteiger partial charge in [0.25, 0.3) is 0 Å². The second kappa shape index (κ2) is 4.47. The highest BCUT2D eigenvalue weighted by molar-refractivity contribution is 5.79. The number of rotatable bonds is 3. The van der Waals surface area contributed by atoms with Gasteiger partial charge in [-0.3, -0.25) is 4.79 Å². The Morgan fingerprint density at radius 2 is 2.00 bits per heavy atom. The summed E-state index contributed by atoms with van der Waals surface area (Å²) in [4.78, 5) is 17.6. The van der Waals surface area contributed by atoms with Crippen molar-refractivity contribution in [1.82, 2.24) is 14.5 Å². The molecule has 1 unspecified atom stereocenters. The molecule has 0 aliphatic rings. The smallest absolute Gasteiger partial charge is 0.244 e. The fourth-order valence-corrected chi connectivity index (χ4v) is 1.36. The van der Waals surface area contributed by atoms with E-state index in [9.17, 15) is 4.79 Å². The summed E-state index contributed by atoms with van der Waals surface area (Å²) in [6.07, 6.45) is 3.66. The Kier molecular flexibility index (Phi) is 3.50. The molecule has 4 heteroatoms. The third-order valence-electron chi connectivity index (χ3n) is 2.46. The highest BCUT2D eigenvalue weighted by Crippen LogP contribution is 2.15. The van der Waals surface area contributed by atoms with Crippen molar-refractivity contribution in [3.8, 4) is 0 Å². The van der Waals surface area contributed by atoms with Gasteiger partial charge in [0, 0.05) is 20.3 Å². The van der Waals surface area contributed by atoms with Crippen molar-refractivity contribution in [2.24, 2.45) is 0 Å². The predicted octanol–water partition coefficient (Wildman–Crippen LogP) is 1.66. The monoisotopic (exact) mass is 209 g/mol. The minimum absolute atomic E-state index is 0.0858. The molecule has 0 fully saturated rings. The average Bonchev–Trinajstić information content (AvgIpc) is 2.64. The fourth-order valence-electron chi connectivity index (χ4n) is 1.36. The lowest BCUT2D eigenvalue weighted by molar-refractivity contribution is -0.131. The largest absolute Gasteiger partial charge is 0.347 e. The molecular formula is C11H19N3O. The lowest BCUT2D eigenvalue weighted by atomic mass is 10.1. The molecule has 84 valence electrons. The molecule has 0 aromatic carbocycles.